The maximum atomic E-state index is 2.33. The lowest BCUT2D eigenvalue weighted by atomic mass is 9.96. The standard InChI is InChI=1S/C52H37N/c1-3-12-38(13-4-1)44-16-9-18-46(34-44)48-20-11-23-52(37-48)53(50-21-5-2-6-22-50)51-32-30-41(31-33-51)40-24-26-42(27-25-40)45-17-10-19-47(35-45)49-29-28-39-14-7-8-15-43(39)36-49/h1-37H. The van der Waals surface area contributed by atoms with Crippen molar-refractivity contribution in [2.45, 2.75) is 0 Å². The van der Waals surface area contributed by atoms with Crippen LogP contribution in [0.4, 0.5) is 17.1 Å². The lowest BCUT2D eigenvalue weighted by Crippen LogP contribution is -2.09. The molecule has 0 bridgehead atoms. The molecule has 0 radical (unpaired) electrons. The molecular weight excluding hydrogens is 639 g/mol. The van der Waals surface area contributed by atoms with Crippen molar-refractivity contribution in [3.05, 3.63) is 224 Å². The maximum absolute atomic E-state index is 2.33. The van der Waals surface area contributed by atoms with Crippen LogP contribution in [0.25, 0.3) is 66.4 Å². The van der Waals surface area contributed by atoms with Crippen LogP contribution in [0.1, 0.15) is 0 Å². The van der Waals surface area contributed by atoms with Crippen LogP contribution >= 0.6 is 0 Å². The molecule has 0 saturated carbocycles. The van der Waals surface area contributed by atoms with Crippen molar-refractivity contribution in [3.8, 4) is 55.6 Å². The molecule has 0 aliphatic heterocycles. The van der Waals surface area contributed by atoms with E-state index in [4.69, 9.17) is 0 Å². The molecule has 9 rings (SSSR count). The van der Waals surface area contributed by atoms with Gasteiger partial charge >= 0.3 is 0 Å². The van der Waals surface area contributed by atoms with Gasteiger partial charge in [-0.2, -0.15) is 0 Å². The number of hydrogen-bond acceptors (Lipinski definition) is 1. The highest BCUT2D eigenvalue weighted by Gasteiger charge is 2.14. The van der Waals surface area contributed by atoms with Gasteiger partial charge in [0.25, 0.3) is 0 Å². The van der Waals surface area contributed by atoms with Crippen molar-refractivity contribution in [2.75, 3.05) is 4.90 Å². The Kier molecular flexibility index (Phi) is 8.66. The average Bonchev–Trinajstić information content (AvgIpc) is 3.25. The number of anilines is 3. The van der Waals surface area contributed by atoms with Gasteiger partial charge in [0.1, 0.15) is 0 Å². The molecule has 0 unspecified atom stereocenters. The van der Waals surface area contributed by atoms with Crippen LogP contribution < -0.4 is 4.90 Å². The minimum Gasteiger partial charge on any atom is -0.310 e. The summed E-state index contributed by atoms with van der Waals surface area (Å²) >= 11 is 0. The van der Waals surface area contributed by atoms with Crippen molar-refractivity contribution >= 4 is 27.8 Å². The number of fused-ring (bicyclic) bond motifs is 1. The first-order valence-corrected chi connectivity index (χ1v) is 18.2. The van der Waals surface area contributed by atoms with Crippen LogP contribution in [0, 0.1) is 0 Å². The molecule has 0 N–H and O–H groups in total. The molecule has 0 saturated heterocycles. The zero-order valence-corrected chi connectivity index (χ0v) is 29.3. The molecule has 0 fully saturated rings. The molecule has 0 amide bonds. The molecule has 0 spiro atoms. The Bertz CT molecular complexity index is 2640. The summed E-state index contributed by atoms with van der Waals surface area (Å²) in [6.45, 7) is 0. The number of hydrogen-bond donors (Lipinski definition) is 0. The third kappa shape index (κ3) is 6.77. The molecule has 0 atom stereocenters. The summed E-state index contributed by atoms with van der Waals surface area (Å²) < 4.78 is 0. The van der Waals surface area contributed by atoms with E-state index < -0.39 is 0 Å². The summed E-state index contributed by atoms with van der Waals surface area (Å²) in [7, 11) is 0. The summed E-state index contributed by atoms with van der Waals surface area (Å²) in [5, 5.41) is 2.52. The predicted molar refractivity (Wildman–Crippen MR) is 226 cm³/mol. The van der Waals surface area contributed by atoms with Crippen molar-refractivity contribution in [1.82, 2.24) is 0 Å². The second-order valence-corrected chi connectivity index (χ2v) is 13.4. The smallest absolute Gasteiger partial charge is 0.0467 e. The van der Waals surface area contributed by atoms with Crippen molar-refractivity contribution in [1.29, 1.82) is 0 Å². The highest BCUT2D eigenvalue weighted by Crippen LogP contribution is 2.38. The van der Waals surface area contributed by atoms with Crippen molar-refractivity contribution in [3.63, 3.8) is 0 Å². The first kappa shape index (κ1) is 32.0. The molecular formula is C52H37N. The topological polar surface area (TPSA) is 3.24 Å². The summed E-state index contributed by atoms with van der Waals surface area (Å²) in [4.78, 5) is 2.33. The number of benzene rings is 9. The SMILES string of the molecule is c1ccc(-c2cccc(-c3cccc(N(c4ccccc4)c4ccc(-c5ccc(-c6cccc(-c7ccc8ccccc8c7)c6)cc5)cc4)c3)c2)cc1. The van der Waals surface area contributed by atoms with Gasteiger partial charge in [0.05, 0.1) is 0 Å². The number of rotatable bonds is 8. The zero-order valence-electron chi connectivity index (χ0n) is 29.3. The van der Waals surface area contributed by atoms with Crippen LogP contribution in [0.5, 0.6) is 0 Å². The van der Waals surface area contributed by atoms with E-state index >= 15 is 0 Å². The Morgan fingerprint density at radius 3 is 1.17 bits per heavy atom. The third-order valence-corrected chi connectivity index (χ3v) is 10.0. The normalized spacial score (nSPS) is 11.0. The molecule has 1 nitrogen and oxygen atoms in total. The van der Waals surface area contributed by atoms with Gasteiger partial charge in [-0.15, -0.1) is 0 Å². The van der Waals surface area contributed by atoms with Crippen LogP contribution in [-0.2, 0) is 0 Å². The van der Waals surface area contributed by atoms with E-state index in [1.165, 1.54) is 66.4 Å². The number of para-hydroxylation sites is 1. The van der Waals surface area contributed by atoms with E-state index in [2.05, 4.69) is 229 Å². The molecule has 53 heavy (non-hydrogen) atoms. The van der Waals surface area contributed by atoms with Crippen LogP contribution in [0.2, 0.25) is 0 Å². The Hall–Kier alpha value is -6.96. The summed E-state index contributed by atoms with van der Waals surface area (Å²) in [6.07, 6.45) is 0. The van der Waals surface area contributed by atoms with E-state index in [9.17, 15) is 0 Å². The maximum Gasteiger partial charge on any atom is 0.0467 e. The van der Waals surface area contributed by atoms with Crippen molar-refractivity contribution < 1.29 is 0 Å². The van der Waals surface area contributed by atoms with E-state index in [-0.39, 0.29) is 0 Å². The fraction of sp³-hybridized carbons (Fsp3) is 0. The summed E-state index contributed by atoms with van der Waals surface area (Å²) in [5.74, 6) is 0. The highest BCUT2D eigenvalue weighted by atomic mass is 15.1. The molecule has 250 valence electrons. The van der Waals surface area contributed by atoms with Gasteiger partial charge < -0.3 is 4.90 Å². The van der Waals surface area contributed by atoms with Gasteiger partial charge in [-0.1, -0.05) is 170 Å². The molecule has 9 aromatic rings. The van der Waals surface area contributed by atoms with Crippen LogP contribution in [-0.4, -0.2) is 0 Å². The Morgan fingerprint density at radius 1 is 0.189 bits per heavy atom. The molecule has 0 aromatic heterocycles. The fourth-order valence-electron chi connectivity index (χ4n) is 7.26. The molecule has 0 aliphatic rings. The summed E-state index contributed by atoms with van der Waals surface area (Å²) in [6, 6.07) is 80.7. The van der Waals surface area contributed by atoms with Gasteiger partial charge in [0.15, 0.2) is 0 Å². The molecule has 1 heteroatoms. The first-order valence-electron chi connectivity index (χ1n) is 18.2. The largest absolute Gasteiger partial charge is 0.310 e. The second-order valence-electron chi connectivity index (χ2n) is 13.4. The van der Waals surface area contributed by atoms with E-state index in [0.29, 0.717) is 0 Å². The van der Waals surface area contributed by atoms with Crippen molar-refractivity contribution in [2.24, 2.45) is 0 Å². The molecule has 9 aromatic carbocycles. The minimum atomic E-state index is 1.11. The van der Waals surface area contributed by atoms with Crippen LogP contribution in [0.15, 0.2) is 224 Å². The second kappa shape index (κ2) is 14.3. The van der Waals surface area contributed by atoms with E-state index in [1.807, 2.05) is 0 Å². The van der Waals surface area contributed by atoms with Gasteiger partial charge in [-0.05, 0) is 121 Å². The minimum absolute atomic E-state index is 1.11. The van der Waals surface area contributed by atoms with E-state index in [0.717, 1.165) is 17.1 Å². The Morgan fingerprint density at radius 2 is 0.547 bits per heavy atom. The zero-order chi connectivity index (χ0) is 35.4. The van der Waals surface area contributed by atoms with Gasteiger partial charge in [0.2, 0.25) is 0 Å². The lowest BCUT2D eigenvalue weighted by Gasteiger charge is -2.26. The predicted octanol–water partition coefficient (Wildman–Crippen LogP) is 14.6. The third-order valence-electron chi connectivity index (χ3n) is 10.0. The highest BCUT2D eigenvalue weighted by molar-refractivity contribution is 5.88. The lowest BCUT2D eigenvalue weighted by molar-refractivity contribution is 1.28. The van der Waals surface area contributed by atoms with Gasteiger partial charge in [-0.25, -0.2) is 0 Å². The van der Waals surface area contributed by atoms with Crippen LogP contribution in [0.3, 0.4) is 0 Å². The first-order chi connectivity index (χ1) is 26.2. The molecule has 0 heterocycles. The molecule has 0 aliphatic carbocycles. The monoisotopic (exact) mass is 675 g/mol. The number of nitrogens with zero attached hydrogens (tertiary/aromatic N) is 1. The average molecular weight is 676 g/mol. The van der Waals surface area contributed by atoms with Gasteiger partial charge in [0, 0.05) is 17.1 Å². The Balaban J connectivity index is 0.990. The summed E-state index contributed by atoms with van der Waals surface area (Å²) in [5.41, 5.74) is 15.4. The quantitative estimate of drug-likeness (QED) is 0.155. The fourth-order valence-corrected chi connectivity index (χ4v) is 7.26. The van der Waals surface area contributed by atoms with E-state index in [1.54, 1.807) is 0 Å². The Labute approximate surface area is 311 Å². The van der Waals surface area contributed by atoms with Gasteiger partial charge in [-0.3, -0.25) is 0 Å².